The van der Waals surface area contributed by atoms with E-state index in [1.54, 1.807) is 0 Å². The van der Waals surface area contributed by atoms with Crippen molar-refractivity contribution in [1.29, 1.82) is 0 Å². The van der Waals surface area contributed by atoms with E-state index in [-0.39, 0.29) is 18.3 Å². The van der Waals surface area contributed by atoms with Crippen molar-refractivity contribution in [2.24, 2.45) is 11.7 Å². The number of fused-ring (bicyclic) bond motifs is 1. The molecule has 0 bridgehead atoms. The smallest absolute Gasteiger partial charge is 0.404 e. The third-order valence-corrected chi connectivity index (χ3v) is 6.94. The van der Waals surface area contributed by atoms with Crippen molar-refractivity contribution in [2.75, 3.05) is 0 Å². The highest BCUT2D eigenvalue weighted by atomic mass is 16.5. The molecule has 0 unspecified atom stereocenters. The van der Waals surface area contributed by atoms with Crippen LogP contribution in [0.15, 0.2) is 54.6 Å². The number of rotatable bonds is 6. The Balaban J connectivity index is 1.30. The number of ether oxygens (including phenoxy) is 1. The average molecular weight is 429 g/mol. The summed E-state index contributed by atoms with van der Waals surface area (Å²) >= 11 is 0. The minimum Gasteiger partial charge on any atom is -0.443 e. The fraction of sp³-hybridized carbons (Fsp3) is 0.370. The lowest BCUT2D eigenvalue weighted by Gasteiger charge is -2.28. The Morgan fingerprint density at radius 2 is 1.59 bits per heavy atom. The van der Waals surface area contributed by atoms with Crippen molar-refractivity contribution in [3.8, 4) is 0 Å². The summed E-state index contributed by atoms with van der Waals surface area (Å²) in [5, 5.41) is 2.54. The molecule has 2 N–H and O–H groups in total. The van der Waals surface area contributed by atoms with E-state index in [1.165, 1.54) is 16.3 Å². The van der Waals surface area contributed by atoms with Crippen LogP contribution in [0.4, 0.5) is 4.79 Å². The first-order chi connectivity index (χ1) is 15.6. The molecular formula is C27H28N2O3. The molecule has 5 heteroatoms. The molecule has 2 aromatic carbocycles. The third-order valence-electron chi connectivity index (χ3n) is 6.94. The molecule has 2 aliphatic rings. The number of amides is 1. The molecule has 0 aliphatic heterocycles. The van der Waals surface area contributed by atoms with Gasteiger partial charge in [-0.05, 0) is 78.3 Å². The summed E-state index contributed by atoms with van der Waals surface area (Å²) in [6.45, 7) is -0.00470. The third kappa shape index (κ3) is 4.38. The van der Waals surface area contributed by atoms with E-state index in [0.29, 0.717) is 23.2 Å². The number of primary amides is 1. The van der Waals surface area contributed by atoms with Crippen molar-refractivity contribution < 1.29 is 14.3 Å². The van der Waals surface area contributed by atoms with Crippen molar-refractivity contribution in [3.63, 3.8) is 0 Å². The number of pyridine rings is 1. The maximum atomic E-state index is 13.5. The van der Waals surface area contributed by atoms with E-state index in [9.17, 15) is 9.59 Å². The fourth-order valence-electron chi connectivity index (χ4n) is 5.00. The average Bonchev–Trinajstić information content (AvgIpc) is 3.67. The Hall–Kier alpha value is -3.21. The topological polar surface area (TPSA) is 82.3 Å². The fourth-order valence-corrected chi connectivity index (χ4v) is 5.00. The van der Waals surface area contributed by atoms with Crippen LogP contribution in [0.2, 0.25) is 0 Å². The number of aromatic nitrogens is 1. The van der Waals surface area contributed by atoms with Crippen LogP contribution >= 0.6 is 0 Å². The molecule has 164 valence electrons. The van der Waals surface area contributed by atoms with Crippen molar-refractivity contribution in [2.45, 2.75) is 57.0 Å². The number of hydrogen-bond acceptors (Lipinski definition) is 4. The minimum atomic E-state index is -0.835. The number of benzene rings is 2. The van der Waals surface area contributed by atoms with Gasteiger partial charge in [0.2, 0.25) is 0 Å². The van der Waals surface area contributed by atoms with Gasteiger partial charge in [0.1, 0.15) is 12.3 Å². The largest absolute Gasteiger partial charge is 0.443 e. The number of carbonyl (C=O) groups is 2. The molecule has 1 aromatic heterocycles. The van der Waals surface area contributed by atoms with Crippen LogP contribution in [0.1, 0.15) is 77.7 Å². The normalized spacial score (nSPS) is 20.8. The SMILES string of the molecule is NC(=O)OCc1ccc(C2CC2)c(C(=O)C2CCC(c3ccc4ccccc4c3)CC2)n1. The Bertz CT molecular complexity index is 1160. The van der Waals surface area contributed by atoms with Crippen LogP contribution < -0.4 is 5.73 Å². The first-order valence-corrected chi connectivity index (χ1v) is 11.5. The number of nitrogens with zero attached hydrogens (tertiary/aromatic N) is 1. The zero-order valence-corrected chi connectivity index (χ0v) is 18.1. The summed E-state index contributed by atoms with van der Waals surface area (Å²) in [6, 6.07) is 19.0. The molecule has 1 amide bonds. The monoisotopic (exact) mass is 428 g/mol. The van der Waals surface area contributed by atoms with Crippen LogP contribution in [0.5, 0.6) is 0 Å². The van der Waals surface area contributed by atoms with Crippen molar-refractivity contribution >= 4 is 22.6 Å². The van der Waals surface area contributed by atoms with Gasteiger partial charge in [0.25, 0.3) is 0 Å². The van der Waals surface area contributed by atoms with Crippen LogP contribution in [0.25, 0.3) is 10.8 Å². The summed E-state index contributed by atoms with van der Waals surface area (Å²) in [6.07, 6.45) is 5.16. The van der Waals surface area contributed by atoms with E-state index >= 15 is 0 Å². The van der Waals surface area contributed by atoms with Gasteiger partial charge < -0.3 is 10.5 Å². The molecule has 3 aromatic rings. The Morgan fingerprint density at radius 1 is 0.875 bits per heavy atom. The van der Waals surface area contributed by atoms with Crippen LogP contribution in [0, 0.1) is 5.92 Å². The lowest BCUT2D eigenvalue weighted by atomic mass is 9.76. The zero-order chi connectivity index (χ0) is 22.1. The van der Waals surface area contributed by atoms with Crippen LogP contribution in [-0.4, -0.2) is 16.9 Å². The molecule has 1 heterocycles. The molecule has 2 aliphatic carbocycles. The van der Waals surface area contributed by atoms with Gasteiger partial charge in [0, 0.05) is 5.92 Å². The van der Waals surface area contributed by atoms with Gasteiger partial charge in [-0.2, -0.15) is 0 Å². The summed E-state index contributed by atoms with van der Waals surface area (Å²) in [5.41, 5.74) is 8.65. The minimum absolute atomic E-state index is 0.00372. The molecule has 0 atom stereocenters. The van der Waals surface area contributed by atoms with E-state index in [1.807, 2.05) is 12.1 Å². The second-order valence-electron chi connectivity index (χ2n) is 9.14. The second kappa shape index (κ2) is 8.73. The number of ketones is 1. The molecule has 2 saturated carbocycles. The van der Waals surface area contributed by atoms with Gasteiger partial charge in [0.05, 0.1) is 5.69 Å². The summed E-state index contributed by atoms with van der Waals surface area (Å²) in [7, 11) is 0. The first-order valence-electron chi connectivity index (χ1n) is 11.5. The molecule has 0 spiro atoms. The summed E-state index contributed by atoms with van der Waals surface area (Å²) < 4.78 is 4.88. The maximum Gasteiger partial charge on any atom is 0.404 e. The summed E-state index contributed by atoms with van der Waals surface area (Å²) in [5.74, 6) is 1.07. The zero-order valence-electron chi connectivity index (χ0n) is 18.1. The molecule has 2 fully saturated rings. The number of hydrogen-bond donors (Lipinski definition) is 1. The summed E-state index contributed by atoms with van der Waals surface area (Å²) in [4.78, 5) is 29.0. The molecule has 5 nitrogen and oxygen atoms in total. The number of nitrogens with two attached hydrogens (primary N) is 1. The van der Waals surface area contributed by atoms with Gasteiger partial charge in [-0.1, -0.05) is 48.5 Å². The molecule has 32 heavy (non-hydrogen) atoms. The highest BCUT2D eigenvalue weighted by Crippen LogP contribution is 2.43. The molecular weight excluding hydrogens is 400 g/mol. The van der Waals surface area contributed by atoms with Gasteiger partial charge >= 0.3 is 6.09 Å². The predicted octanol–water partition coefficient (Wildman–Crippen LogP) is 5.86. The van der Waals surface area contributed by atoms with E-state index in [4.69, 9.17) is 10.5 Å². The van der Waals surface area contributed by atoms with Gasteiger partial charge in [-0.25, -0.2) is 9.78 Å². The Morgan fingerprint density at radius 3 is 2.31 bits per heavy atom. The lowest BCUT2D eigenvalue weighted by molar-refractivity contribution is 0.0876. The van der Waals surface area contributed by atoms with Gasteiger partial charge in [0.15, 0.2) is 5.78 Å². The van der Waals surface area contributed by atoms with Gasteiger partial charge in [-0.3, -0.25) is 4.79 Å². The highest BCUT2D eigenvalue weighted by Gasteiger charge is 2.34. The molecule has 5 rings (SSSR count). The van der Waals surface area contributed by atoms with E-state index in [0.717, 1.165) is 44.1 Å². The van der Waals surface area contributed by atoms with Crippen molar-refractivity contribution in [1.82, 2.24) is 4.98 Å². The lowest BCUT2D eigenvalue weighted by Crippen LogP contribution is -2.24. The first kappa shape index (κ1) is 20.7. The van der Waals surface area contributed by atoms with E-state index < -0.39 is 6.09 Å². The standard InChI is InChI=1S/C27H28N2O3/c28-27(31)32-16-23-13-14-24(19-8-9-19)25(29-23)26(30)20-10-5-18(6-11-20)22-12-7-17-3-1-2-4-21(17)15-22/h1-4,7,12-15,18-20H,5-6,8-11,16H2,(H2,28,31). The van der Waals surface area contributed by atoms with Crippen LogP contribution in [-0.2, 0) is 11.3 Å². The number of Topliss-reactive ketones (excluding diaryl/α,β-unsaturated/α-hetero) is 1. The quantitative estimate of drug-likeness (QED) is 0.498. The van der Waals surface area contributed by atoms with E-state index in [2.05, 4.69) is 47.4 Å². The van der Waals surface area contributed by atoms with Crippen molar-refractivity contribution in [3.05, 3.63) is 77.1 Å². The van der Waals surface area contributed by atoms with Gasteiger partial charge in [-0.15, -0.1) is 0 Å². The Labute approximate surface area is 188 Å². The van der Waals surface area contributed by atoms with Crippen LogP contribution in [0.3, 0.4) is 0 Å². The highest BCUT2D eigenvalue weighted by molar-refractivity contribution is 5.97. The predicted molar refractivity (Wildman–Crippen MR) is 124 cm³/mol. The molecule has 0 radical (unpaired) electrons. The second-order valence-corrected chi connectivity index (χ2v) is 9.14. The number of carbonyl (C=O) groups excluding carboxylic acids is 2. The maximum absolute atomic E-state index is 13.5. The molecule has 0 saturated heterocycles. The Kier molecular flexibility index (Phi) is 5.64.